The van der Waals surface area contributed by atoms with Gasteiger partial charge in [0.2, 0.25) is 0 Å². The minimum atomic E-state index is -0.557. The largest absolute Gasteiger partial charge is 0.490 e. The van der Waals surface area contributed by atoms with Crippen LogP contribution in [0.2, 0.25) is 15.1 Å². The van der Waals surface area contributed by atoms with Gasteiger partial charge in [0.15, 0.2) is 5.75 Å². The Morgan fingerprint density at radius 1 is 1.14 bits per heavy atom. The van der Waals surface area contributed by atoms with E-state index in [1.807, 2.05) is 6.07 Å². The van der Waals surface area contributed by atoms with Crippen molar-refractivity contribution in [2.24, 2.45) is 0 Å². The normalized spacial score (nSPS) is 11.1. The SMILES string of the molecule is CCCCCCOc1c(Cl)cc(/C=C(/C#N)C(=O)Nc2cccc(Cl)c2)cc1Cl. The lowest BCUT2D eigenvalue weighted by molar-refractivity contribution is -0.112. The highest BCUT2D eigenvalue weighted by Crippen LogP contribution is 2.35. The number of carbonyl (C=O) groups is 1. The molecular weight excluding hydrogens is 431 g/mol. The van der Waals surface area contributed by atoms with Gasteiger partial charge in [-0.25, -0.2) is 0 Å². The zero-order valence-electron chi connectivity index (χ0n) is 16.0. The van der Waals surface area contributed by atoms with Crippen LogP contribution in [0.5, 0.6) is 5.75 Å². The molecule has 0 heterocycles. The third-order valence-electron chi connectivity index (χ3n) is 4.02. The van der Waals surface area contributed by atoms with Gasteiger partial charge in [-0.1, -0.05) is 67.1 Å². The summed E-state index contributed by atoms with van der Waals surface area (Å²) < 4.78 is 5.70. The predicted octanol–water partition coefficient (Wildman–Crippen LogP) is 7.15. The minimum absolute atomic E-state index is 0.0923. The van der Waals surface area contributed by atoms with Crippen LogP contribution in [0.4, 0.5) is 5.69 Å². The Morgan fingerprint density at radius 3 is 2.48 bits per heavy atom. The van der Waals surface area contributed by atoms with E-state index in [1.165, 1.54) is 6.08 Å². The monoisotopic (exact) mass is 450 g/mol. The van der Waals surface area contributed by atoms with E-state index >= 15 is 0 Å². The first kappa shape index (κ1) is 23.1. The first-order valence-corrected chi connectivity index (χ1v) is 10.4. The van der Waals surface area contributed by atoms with Crippen molar-refractivity contribution < 1.29 is 9.53 Å². The number of unbranched alkanes of at least 4 members (excludes halogenated alkanes) is 3. The number of carbonyl (C=O) groups excluding carboxylic acids is 1. The Labute approximate surface area is 186 Å². The van der Waals surface area contributed by atoms with Gasteiger partial charge in [-0.2, -0.15) is 5.26 Å². The molecule has 0 fully saturated rings. The predicted molar refractivity (Wildman–Crippen MR) is 120 cm³/mol. The van der Waals surface area contributed by atoms with Crippen molar-refractivity contribution in [2.75, 3.05) is 11.9 Å². The maximum absolute atomic E-state index is 12.4. The van der Waals surface area contributed by atoms with E-state index in [0.717, 1.165) is 25.7 Å². The van der Waals surface area contributed by atoms with Gasteiger partial charge in [-0.3, -0.25) is 4.79 Å². The molecule has 0 aromatic heterocycles. The van der Waals surface area contributed by atoms with Gasteiger partial charge in [0.05, 0.1) is 16.7 Å². The van der Waals surface area contributed by atoms with E-state index in [0.29, 0.717) is 38.7 Å². The molecule has 4 nitrogen and oxygen atoms in total. The lowest BCUT2D eigenvalue weighted by Gasteiger charge is -2.11. The number of hydrogen-bond acceptors (Lipinski definition) is 3. The summed E-state index contributed by atoms with van der Waals surface area (Å²) >= 11 is 18.5. The first-order valence-electron chi connectivity index (χ1n) is 9.25. The van der Waals surface area contributed by atoms with E-state index in [9.17, 15) is 10.1 Å². The number of rotatable bonds is 9. The van der Waals surface area contributed by atoms with Crippen LogP contribution in [0, 0.1) is 11.3 Å². The molecule has 0 aliphatic carbocycles. The fourth-order valence-corrected chi connectivity index (χ4v) is 3.39. The average Bonchev–Trinajstić information content (AvgIpc) is 2.67. The number of anilines is 1. The molecule has 0 unspecified atom stereocenters. The Morgan fingerprint density at radius 2 is 1.86 bits per heavy atom. The highest BCUT2D eigenvalue weighted by Gasteiger charge is 2.13. The highest BCUT2D eigenvalue weighted by molar-refractivity contribution is 6.37. The van der Waals surface area contributed by atoms with Crippen molar-refractivity contribution in [1.82, 2.24) is 0 Å². The molecule has 0 aliphatic heterocycles. The number of ether oxygens (including phenoxy) is 1. The molecular formula is C22H21Cl3N2O2. The quantitative estimate of drug-likeness (QED) is 0.250. The maximum atomic E-state index is 12.4. The van der Waals surface area contributed by atoms with Crippen LogP contribution in [0.15, 0.2) is 42.0 Å². The number of nitriles is 1. The van der Waals surface area contributed by atoms with Crippen LogP contribution in [0.3, 0.4) is 0 Å². The number of halogens is 3. The van der Waals surface area contributed by atoms with Gasteiger partial charge in [0.1, 0.15) is 11.6 Å². The molecule has 0 atom stereocenters. The topological polar surface area (TPSA) is 62.1 Å². The Balaban J connectivity index is 2.12. The molecule has 1 N–H and O–H groups in total. The van der Waals surface area contributed by atoms with Crippen LogP contribution >= 0.6 is 34.8 Å². The van der Waals surface area contributed by atoms with Crippen LogP contribution in [0.1, 0.15) is 38.2 Å². The third-order valence-corrected chi connectivity index (χ3v) is 4.82. The van der Waals surface area contributed by atoms with E-state index in [4.69, 9.17) is 39.5 Å². The van der Waals surface area contributed by atoms with Crippen molar-refractivity contribution in [1.29, 1.82) is 5.26 Å². The Bertz CT molecular complexity index is 913. The molecule has 2 aromatic rings. The lowest BCUT2D eigenvalue weighted by atomic mass is 10.1. The average molecular weight is 452 g/mol. The number of amides is 1. The van der Waals surface area contributed by atoms with Gasteiger partial charge in [-0.05, 0) is 48.4 Å². The van der Waals surface area contributed by atoms with Crippen molar-refractivity contribution in [3.63, 3.8) is 0 Å². The molecule has 0 bridgehead atoms. The summed E-state index contributed by atoms with van der Waals surface area (Å²) in [5, 5.41) is 13.1. The summed E-state index contributed by atoms with van der Waals surface area (Å²) in [7, 11) is 0. The zero-order chi connectivity index (χ0) is 21.2. The van der Waals surface area contributed by atoms with Crippen LogP contribution in [-0.2, 0) is 4.79 Å². The lowest BCUT2D eigenvalue weighted by Crippen LogP contribution is -2.13. The maximum Gasteiger partial charge on any atom is 0.266 e. The molecule has 2 rings (SSSR count). The van der Waals surface area contributed by atoms with E-state index in [-0.39, 0.29) is 5.57 Å². The molecule has 0 saturated heterocycles. The van der Waals surface area contributed by atoms with Gasteiger partial charge in [0.25, 0.3) is 5.91 Å². The standard InChI is InChI=1S/C22H21Cl3N2O2/c1-2-3-4-5-9-29-21-19(24)11-15(12-20(21)25)10-16(14-26)22(28)27-18-8-6-7-17(23)13-18/h6-8,10-13H,2-5,9H2,1H3,(H,27,28)/b16-10-. The van der Waals surface area contributed by atoms with Gasteiger partial charge in [0, 0.05) is 10.7 Å². The molecule has 1 amide bonds. The van der Waals surface area contributed by atoms with Gasteiger partial charge < -0.3 is 10.1 Å². The molecule has 2 aromatic carbocycles. The highest BCUT2D eigenvalue weighted by atomic mass is 35.5. The van der Waals surface area contributed by atoms with E-state index in [2.05, 4.69) is 12.2 Å². The summed E-state index contributed by atoms with van der Waals surface area (Å²) in [6.45, 7) is 2.67. The number of benzene rings is 2. The Kier molecular flexibility index (Phi) is 9.34. The summed E-state index contributed by atoms with van der Waals surface area (Å²) in [6.07, 6.45) is 5.73. The van der Waals surface area contributed by atoms with Crippen molar-refractivity contribution in [3.8, 4) is 11.8 Å². The van der Waals surface area contributed by atoms with E-state index < -0.39 is 5.91 Å². The molecule has 0 saturated carbocycles. The summed E-state index contributed by atoms with van der Waals surface area (Å²) in [6, 6.07) is 11.8. The molecule has 0 spiro atoms. The zero-order valence-corrected chi connectivity index (χ0v) is 18.2. The summed E-state index contributed by atoms with van der Waals surface area (Å²) in [5.41, 5.74) is 0.924. The molecule has 29 heavy (non-hydrogen) atoms. The van der Waals surface area contributed by atoms with Crippen LogP contribution < -0.4 is 10.1 Å². The van der Waals surface area contributed by atoms with Crippen LogP contribution in [-0.4, -0.2) is 12.5 Å². The van der Waals surface area contributed by atoms with Crippen molar-refractivity contribution in [2.45, 2.75) is 32.6 Å². The number of hydrogen-bond donors (Lipinski definition) is 1. The van der Waals surface area contributed by atoms with E-state index in [1.54, 1.807) is 36.4 Å². The van der Waals surface area contributed by atoms with Crippen molar-refractivity contribution >= 4 is 52.5 Å². The second-order valence-corrected chi connectivity index (χ2v) is 7.61. The number of nitrogens with one attached hydrogen (secondary N) is 1. The summed E-state index contributed by atoms with van der Waals surface area (Å²) in [4.78, 5) is 12.4. The first-order chi connectivity index (χ1) is 13.9. The van der Waals surface area contributed by atoms with Crippen LogP contribution in [0.25, 0.3) is 6.08 Å². The fourth-order valence-electron chi connectivity index (χ4n) is 2.58. The third kappa shape index (κ3) is 7.29. The second kappa shape index (κ2) is 11.7. The Hall–Kier alpha value is -2.19. The summed E-state index contributed by atoms with van der Waals surface area (Å²) in [5.74, 6) is -0.151. The fraction of sp³-hybridized carbons (Fsp3) is 0.273. The van der Waals surface area contributed by atoms with Crippen molar-refractivity contribution in [3.05, 3.63) is 62.6 Å². The molecule has 0 aliphatic rings. The van der Waals surface area contributed by atoms with Gasteiger partial charge >= 0.3 is 0 Å². The molecule has 152 valence electrons. The smallest absolute Gasteiger partial charge is 0.266 e. The molecule has 0 radical (unpaired) electrons. The second-order valence-electron chi connectivity index (χ2n) is 6.36. The van der Waals surface area contributed by atoms with Gasteiger partial charge in [-0.15, -0.1) is 0 Å². The molecule has 7 heteroatoms. The minimum Gasteiger partial charge on any atom is -0.490 e. The number of nitrogens with zero attached hydrogens (tertiary/aromatic N) is 1.